The minimum Gasteiger partial charge on any atom is -0.365 e. The molecule has 1 aromatic heterocycles. The number of halogens is 1. The molecule has 0 fully saturated rings. The van der Waals surface area contributed by atoms with Gasteiger partial charge in [0.2, 0.25) is 5.91 Å². The third-order valence-corrected chi connectivity index (χ3v) is 6.86. The third-order valence-electron chi connectivity index (χ3n) is 4.38. The van der Waals surface area contributed by atoms with Crippen molar-refractivity contribution in [1.29, 1.82) is 0 Å². The Morgan fingerprint density at radius 3 is 2.78 bits per heavy atom. The zero-order chi connectivity index (χ0) is 19.4. The molecule has 2 amide bonds. The van der Waals surface area contributed by atoms with Crippen LogP contribution in [-0.2, 0) is 17.8 Å². The van der Waals surface area contributed by atoms with Crippen LogP contribution in [0.4, 0.5) is 5.00 Å². The fourth-order valence-corrected chi connectivity index (χ4v) is 5.35. The topological polar surface area (TPSA) is 75.4 Å². The average molecular weight is 424 g/mol. The second kappa shape index (κ2) is 9.10. The molecule has 0 unspecified atom stereocenters. The van der Waals surface area contributed by atoms with Crippen LogP contribution in [0.5, 0.6) is 0 Å². The lowest BCUT2D eigenvalue weighted by Crippen LogP contribution is -2.27. The maximum absolute atomic E-state index is 12.3. The van der Waals surface area contributed by atoms with Crippen molar-refractivity contribution >= 4 is 51.5 Å². The van der Waals surface area contributed by atoms with E-state index in [9.17, 15) is 9.59 Å². The Bertz CT molecular complexity index is 836. The Kier molecular flexibility index (Phi) is 6.81. The largest absolute Gasteiger partial charge is 0.365 e. The van der Waals surface area contributed by atoms with Crippen molar-refractivity contribution < 1.29 is 9.59 Å². The fourth-order valence-electron chi connectivity index (χ4n) is 3.02. The number of nitrogens with two attached hydrogens (primary N) is 1. The molecule has 3 N–H and O–H groups in total. The van der Waals surface area contributed by atoms with Gasteiger partial charge in [-0.15, -0.1) is 23.1 Å². The van der Waals surface area contributed by atoms with Crippen molar-refractivity contribution in [3.8, 4) is 0 Å². The quantitative estimate of drug-likeness (QED) is 0.521. The average Bonchev–Trinajstić information content (AvgIpc) is 2.97. The monoisotopic (exact) mass is 423 g/mol. The number of carbonyl (C=O) groups excluding carboxylic acids is 2. The standard InChI is InChI=1S/C19H22ClN3O2S2/c1-23-9-8-14-15(11-23)27-19(17(14)18(21)25)22-16(24)3-2-10-26-13-6-4-12(20)5-7-13/h4-7H,2-3,8-11H2,1H3,(H2,21,25)(H,22,24). The first-order valence-electron chi connectivity index (χ1n) is 8.75. The van der Waals surface area contributed by atoms with Crippen molar-refractivity contribution in [3.05, 3.63) is 45.3 Å². The van der Waals surface area contributed by atoms with Gasteiger partial charge in [-0.05, 0) is 55.5 Å². The van der Waals surface area contributed by atoms with Crippen LogP contribution in [0.25, 0.3) is 0 Å². The SMILES string of the molecule is CN1CCc2c(sc(NC(=O)CCCSc3ccc(Cl)cc3)c2C(N)=O)C1. The highest BCUT2D eigenvalue weighted by Crippen LogP contribution is 2.36. The molecule has 0 atom stereocenters. The number of thiophene rings is 1. The number of primary amides is 1. The normalized spacial score (nSPS) is 14.0. The summed E-state index contributed by atoms with van der Waals surface area (Å²) >= 11 is 9.04. The molecule has 0 saturated heterocycles. The summed E-state index contributed by atoms with van der Waals surface area (Å²) in [5.41, 5.74) is 7.07. The summed E-state index contributed by atoms with van der Waals surface area (Å²) in [7, 11) is 2.04. The number of fused-ring (bicyclic) bond motifs is 1. The first kappa shape index (κ1) is 20.2. The Labute approximate surface area is 172 Å². The molecule has 27 heavy (non-hydrogen) atoms. The lowest BCUT2D eigenvalue weighted by Gasteiger charge is -2.22. The molecule has 0 bridgehead atoms. The van der Waals surface area contributed by atoms with Crippen LogP contribution in [0, 0.1) is 0 Å². The Hall–Kier alpha value is -1.54. The zero-order valence-corrected chi connectivity index (χ0v) is 17.5. The van der Waals surface area contributed by atoms with Gasteiger partial charge in [-0.25, -0.2) is 0 Å². The van der Waals surface area contributed by atoms with Crippen LogP contribution in [0.15, 0.2) is 29.2 Å². The van der Waals surface area contributed by atoms with E-state index in [0.717, 1.165) is 47.0 Å². The number of hydrogen-bond acceptors (Lipinski definition) is 5. The van der Waals surface area contributed by atoms with E-state index in [2.05, 4.69) is 10.2 Å². The molecule has 0 saturated carbocycles. The van der Waals surface area contributed by atoms with E-state index >= 15 is 0 Å². The Morgan fingerprint density at radius 2 is 2.07 bits per heavy atom. The predicted molar refractivity (Wildman–Crippen MR) is 113 cm³/mol. The molecule has 8 heteroatoms. The lowest BCUT2D eigenvalue weighted by molar-refractivity contribution is -0.116. The van der Waals surface area contributed by atoms with E-state index in [4.69, 9.17) is 17.3 Å². The van der Waals surface area contributed by atoms with Crippen molar-refractivity contribution in [2.45, 2.75) is 30.7 Å². The van der Waals surface area contributed by atoms with E-state index in [1.165, 1.54) is 11.3 Å². The number of benzene rings is 1. The van der Waals surface area contributed by atoms with E-state index in [0.29, 0.717) is 22.0 Å². The third kappa shape index (κ3) is 5.25. The van der Waals surface area contributed by atoms with Crippen molar-refractivity contribution in [2.24, 2.45) is 5.73 Å². The molecule has 0 spiro atoms. The summed E-state index contributed by atoms with van der Waals surface area (Å²) in [4.78, 5) is 28.7. The van der Waals surface area contributed by atoms with Gasteiger partial charge in [-0.1, -0.05) is 11.6 Å². The van der Waals surface area contributed by atoms with E-state index in [-0.39, 0.29) is 5.91 Å². The second-order valence-corrected chi connectivity index (χ2v) is 9.22. The first-order valence-corrected chi connectivity index (χ1v) is 10.9. The number of likely N-dealkylation sites (N-methyl/N-ethyl adjacent to an activating group) is 1. The number of hydrogen-bond donors (Lipinski definition) is 2. The smallest absolute Gasteiger partial charge is 0.251 e. The number of nitrogens with one attached hydrogen (secondary N) is 1. The minimum absolute atomic E-state index is 0.0823. The highest BCUT2D eigenvalue weighted by molar-refractivity contribution is 7.99. The van der Waals surface area contributed by atoms with Gasteiger partial charge in [0, 0.05) is 34.3 Å². The molecule has 0 radical (unpaired) electrons. The van der Waals surface area contributed by atoms with Gasteiger partial charge >= 0.3 is 0 Å². The van der Waals surface area contributed by atoms with Gasteiger partial charge < -0.3 is 16.0 Å². The number of thioether (sulfide) groups is 1. The van der Waals surface area contributed by atoms with E-state index < -0.39 is 5.91 Å². The summed E-state index contributed by atoms with van der Waals surface area (Å²) in [6.45, 7) is 1.67. The van der Waals surface area contributed by atoms with Crippen LogP contribution in [-0.4, -0.2) is 36.1 Å². The van der Waals surface area contributed by atoms with Gasteiger partial charge in [-0.2, -0.15) is 0 Å². The van der Waals surface area contributed by atoms with E-state index in [1.807, 2.05) is 31.3 Å². The number of anilines is 1. The van der Waals surface area contributed by atoms with Crippen molar-refractivity contribution in [1.82, 2.24) is 4.90 Å². The molecular weight excluding hydrogens is 402 g/mol. The minimum atomic E-state index is -0.467. The maximum atomic E-state index is 12.3. The van der Waals surface area contributed by atoms with E-state index in [1.54, 1.807) is 11.8 Å². The second-order valence-electron chi connectivity index (χ2n) is 6.51. The molecule has 144 valence electrons. The predicted octanol–water partition coefficient (Wildman–Crippen LogP) is 4.00. The number of carbonyl (C=O) groups is 2. The van der Waals surface area contributed by atoms with Crippen LogP contribution in [0.1, 0.15) is 33.6 Å². The summed E-state index contributed by atoms with van der Waals surface area (Å²) < 4.78 is 0. The van der Waals surface area contributed by atoms with Gasteiger partial charge in [-0.3, -0.25) is 9.59 Å². The molecule has 3 rings (SSSR count). The molecule has 2 heterocycles. The molecule has 1 aromatic carbocycles. The summed E-state index contributed by atoms with van der Waals surface area (Å²) in [5.74, 6) is 0.288. The summed E-state index contributed by atoms with van der Waals surface area (Å²) in [6.07, 6.45) is 1.94. The Morgan fingerprint density at radius 1 is 1.33 bits per heavy atom. The van der Waals surface area contributed by atoms with Gasteiger partial charge in [0.05, 0.1) is 5.56 Å². The van der Waals surface area contributed by atoms with Gasteiger partial charge in [0.1, 0.15) is 5.00 Å². The maximum Gasteiger partial charge on any atom is 0.251 e. The molecule has 5 nitrogen and oxygen atoms in total. The van der Waals surface area contributed by atoms with Crippen LogP contribution >= 0.6 is 34.7 Å². The highest BCUT2D eigenvalue weighted by Gasteiger charge is 2.26. The molecule has 1 aliphatic rings. The van der Waals surface area contributed by atoms with Crippen molar-refractivity contribution in [3.63, 3.8) is 0 Å². The zero-order valence-electron chi connectivity index (χ0n) is 15.1. The fraction of sp³-hybridized carbons (Fsp3) is 0.368. The van der Waals surface area contributed by atoms with Crippen LogP contribution in [0.3, 0.4) is 0 Å². The number of amides is 2. The van der Waals surface area contributed by atoms with Gasteiger partial charge in [0.25, 0.3) is 5.91 Å². The number of rotatable bonds is 7. The molecule has 1 aliphatic heterocycles. The number of nitrogens with zero attached hydrogens (tertiary/aromatic N) is 1. The first-order chi connectivity index (χ1) is 12.9. The molecule has 0 aliphatic carbocycles. The summed E-state index contributed by atoms with van der Waals surface area (Å²) in [5, 5.41) is 4.22. The van der Waals surface area contributed by atoms with Crippen LogP contribution < -0.4 is 11.1 Å². The van der Waals surface area contributed by atoms with Crippen LogP contribution in [0.2, 0.25) is 5.02 Å². The van der Waals surface area contributed by atoms with Gasteiger partial charge in [0.15, 0.2) is 0 Å². The van der Waals surface area contributed by atoms with Crippen molar-refractivity contribution in [2.75, 3.05) is 24.7 Å². The highest BCUT2D eigenvalue weighted by atomic mass is 35.5. The molecular formula is C19H22ClN3O2S2. The lowest BCUT2D eigenvalue weighted by atomic mass is 10.0. The summed E-state index contributed by atoms with van der Waals surface area (Å²) in [6, 6.07) is 7.66. The molecule has 2 aromatic rings. The Balaban J connectivity index is 1.54.